The molecule has 104 valence electrons. The minimum absolute atomic E-state index is 0.111. The zero-order valence-electron chi connectivity index (χ0n) is 12.0. The fourth-order valence-electron chi connectivity index (χ4n) is 3.05. The number of nitrogens with two attached hydrogens (primary N) is 1. The SMILES string of the molecule is CC[C@@H](N)c1ccccc1N1CCCc2ccccc21. The van der Waals surface area contributed by atoms with Crippen LogP contribution >= 0.6 is 0 Å². The Morgan fingerprint density at radius 3 is 2.55 bits per heavy atom. The lowest BCUT2D eigenvalue weighted by molar-refractivity contribution is 0.690. The number of fused-ring (bicyclic) bond motifs is 1. The van der Waals surface area contributed by atoms with E-state index in [1.807, 2.05) is 0 Å². The van der Waals surface area contributed by atoms with Gasteiger partial charge < -0.3 is 10.6 Å². The van der Waals surface area contributed by atoms with Gasteiger partial charge in [-0.05, 0) is 42.5 Å². The van der Waals surface area contributed by atoms with Gasteiger partial charge in [0.1, 0.15) is 0 Å². The van der Waals surface area contributed by atoms with Crippen LogP contribution in [0.3, 0.4) is 0 Å². The van der Waals surface area contributed by atoms with E-state index in [-0.39, 0.29) is 6.04 Å². The molecule has 1 aliphatic rings. The highest BCUT2D eigenvalue weighted by Crippen LogP contribution is 2.36. The summed E-state index contributed by atoms with van der Waals surface area (Å²) in [6, 6.07) is 17.4. The maximum absolute atomic E-state index is 6.30. The Balaban J connectivity index is 2.07. The molecule has 2 aromatic carbocycles. The van der Waals surface area contributed by atoms with Crippen molar-refractivity contribution in [3.63, 3.8) is 0 Å². The quantitative estimate of drug-likeness (QED) is 0.903. The summed E-state index contributed by atoms with van der Waals surface area (Å²) in [5, 5.41) is 0. The van der Waals surface area contributed by atoms with Crippen molar-refractivity contribution in [2.24, 2.45) is 5.73 Å². The number of hydrogen-bond donors (Lipinski definition) is 1. The third-order valence-corrected chi connectivity index (χ3v) is 4.18. The van der Waals surface area contributed by atoms with Crippen molar-refractivity contribution >= 4 is 11.4 Å². The van der Waals surface area contributed by atoms with Crippen molar-refractivity contribution in [3.05, 3.63) is 59.7 Å². The number of anilines is 2. The molecule has 0 spiro atoms. The number of para-hydroxylation sites is 2. The molecule has 0 saturated heterocycles. The van der Waals surface area contributed by atoms with E-state index in [9.17, 15) is 0 Å². The predicted octanol–water partition coefficient (Wildman–Crippen LogP) is 4.18. The van der Waals surface area contributed by atoms with Crippen molar-refractivity contribution in [1.29, 1.82) is 0 Å². The zero-order chi connectivity index (χ0) is 13.9. The number of rotatable bonds is 3. The highest BCUT2D eigenvalue weighted by molar-refractivity contribution is 5.70. The Bertz CT molecular complexity index is 591. The summed E-state index contributed by atoms with van der Waals surface area (Å²) in [5.74, 6) is 0. The smallest absolute Gasteiger partial charge is 0.0459 e. The van der Waals surface area contributed by atoms with Crippen LogP contribution in [0.5, 0.6) is 0 Å². The number of nitrogens with zero attached hydrogens (tertiary/aromatic N) is 1. The Morgan fingerprint density at radius 2 is 1.75 bits per heavy atom. The maximum atomic E-state index is 6.30. The van der Waals surface area contributed by atoms with E-state index >= 15 is 0 Å². The van der Waals surface area contributed by atoms with Gasteiger partial charge in [0.05, 0.1) is 0 Å². The van der Waals surface area contributed by atoms with Gasteiger partial charge in [-0.3, -0.25) is 0 Å². The summed E-state index contributed by atoms with van der Waals surface area (Å²) in [6.45, 7) is 3.22. The molecule has 1 atom stereocenters. The standard InChI is InChI=1S/C18H22N2/c1-2-16(19)15-10-4-6-12-18(15)20-13-7-9-14-8-3-5-11-17(14)20/h3-6,8,10-12,16H,2,7,9,13,19H2,1H3/t16-/m1/s1. The fraction of sp³-hybridized carbons (Fsp3) is 0.333. The van der Waals surface area contributed by atoms with E-state index < -0.39 is 0 Å². The second kappa shape index (κ2) is 5.68. The molecule has 0 bridgehead atoms. The lowest BCUT2D eigenvalue weighted by Gasteiger charge is -2.33. The maximum Gasteiger partial charge on any atom is 0.0459 e. The topological polar surface area (TPSA) is 29.3 Å². The summed E-state index contributed by atoms with van der Waals surface area (Å²) >= 11 is 0. The van der Waals surface area contributed by atoms with Crippen molar-refractivity contribution in [3.8, 4) is 0 Å². The predicted molar refractivity (Wildman–Crippen MR) is 85.4 cm³/mol. The average molecular weight is 266 g/mol. The van der Waals surface area contributed by atoms with Crippen LogP contribution in [0.2, 0.25) is 0 Å². The molecule has 2 heteroatoms. The average Bonchev–Trinajstić information content (AvgIpc) is 2.53. The van der Waals surface area contributed by atoms with E-state index in [1.165, 1.54) is 35.3 Å². The molecular weight excluding hydrogens is 244 g/mol. The van der Waals surface area contributed by atoms with Gasteiger partial charge >= 0.3 is 0 Å². The monoisotopic (exact) mass is 266 g/mol. The molecule has 20 heavy (non-hydrogen) atoms. The van der Waals surface area contributed by atoms with Gasteiger partial charge in [0.2, 0.25) is 0 Å². The van der Waals surface area contributed by atoms with Gasteiger partial charge in [0.25, 0.3) is 0 Å². The summed E-state index contributed by atoms with van der Waals surface area (Å²) < 4.78 is 0. The number of benzene rings is 2. The van der Waals surface area contributed by atoms with E-state index in [1.54, 1.807) is 0 Å². The first-order valence-electron chi connectivity index (χ1n) is 7.51. The van der Waals surface area contributed by atoms with Gasteiger partial charge in [-0.1, -0.05) is 43.3 Å². The minimum Gasteiger partial charge on any atom is -0.341 e. The van der Waals surface area contributed by atoms with E-state index in [2.05, 4.69) is 60.4 Å². The van der Waals surface area contributed by atoms with Crippen molar-refractivity contribution in [2.45, 2.75) is 32.2 Å². The van der Waals surface area contributed by atoms with Crippen LogP contribution in [0.1, 0.15) is 36.9 Å². The molecule has 0 radical (unpaired) electrons. The Hall–Kier alpha value is -1.80. The molecule has 0 fully saturated rings. The Morgan fingerprint density at radius 1 is 1.05 bits per heavy atom. The van der Waals surface area contributed by atoms with Crippen LogP contribution in [0.15, 0.2) is 48.5 Å². The summed E-state index contributed by atoms with van der Waals surface area (Å²) in [5.41, 5.74) is 11.6. The molecule has 0 unspecified atom stereocenters. The van der Waals surface area contributed by atoms with Gasteiger partial charge in [-0.25, -0.2) is 0 Å². The number of aryl methyl sites for hydroxylation is 1. The summed E-state index contributed by atoms with van der Waals surface area (Å²) in [4.78, 5) is 2.43. The fourth-order valence-corrected chi connectivity index (χ4v) is 3.05. The van der Waals surface area contributed by atoms with Crippen LogP contribution < -0.4 is 10.6 Å². The van der Waals surface area contributed by atoms with Crippen molar-refractivity contribution in [2.75, 3.05) is 11.4 Å². The first kappa shape index (κ1) is 13.2. The Kier molecular flexibility index (Phi) is 3.75. The molecule has 3 rings (SSSR count). The second-order valence-corrected chi connectivity index (χ2v) is 5.46. The molecule has 1 aliphatic heterocycles. The second-order valence-electron chi connectivity index (χ2n) is 5.46. The normalized spacial score (nSPS) is 15.8. The highest BCUT2D eigenvalue weighted by Gasteiger charge is 2.21. The first-order chi connectivity index (χ1) is 9.81. The third kappa shape index (κ3) is 2.32. The molecule has 0 amide bonds. The van der Waals surface area contributed by atoms with Crippen LogP contribution in [-0.2, 0) is 6.42 Å². The van der Waals surface area contributed by atoms with Crippen LogP contribution in [-0.4, -0.2) is 6.54 Å². The van der Waals surface area contributed by atoms with Crippen molar-refractivity contribution < 1.29 is 0 Å². The summed E-state index contributed by atoms with van der Waals surface area (Å²) in [6.07, 6.45) is 3.34. The van der Waals surface area contributed by atoms with Crippen molar-refractivity contribution in [1.82, 2.24) is 0 Å². The molecule has 0 aliphatic carbocycles. The van der Waals surface area contributed by atoms with Crippen LogP contribution in [0.4, 0.5) is 11.4 Å². The zero-order valence-corrected chi connectivity index (χ0v) is 12.0. The number of hydrogen-bond acceptors (Lipinski definition) is 2. The van der Waals surface area contributed by atoms with Gasteiger partial charge in [-0.2, -0.15) is 0 Å². The third-order valence-electron chi connectivity index (χ3n) is 4.18. The molecule has 1 heterocycles. The van der Waals surface area contributed by atoms with Crippen LogP contribution in [0, 0.1) is 0 Å². The van der Waals surface area contributed by atoms with E-state index in [4.69, 9.17) is 5.73 Å². The van der Waals surface area contributed by atoms with Gasteiger partial charge in [0, 0.05) is 24.0 Å². The molecule has 2 nitrogen and oxygen atoms in total. The molecular formula is C18H22N2. The lowest BCUT2D eigenvalue weighted by atomic mass is 9.97. The van der Waals surface area contributed by atoms with Gasteiger partial charge in [0.15, 0.2) is 0 Å². The molecule has 0 saturated carbocycles. The molecule has 0 aromatic heterocycles. The van der Waals surface area contributed by atoms with E-state index in [0.29, 0.717) is 0 Å². The molecule has 2 N–H and O–H groups in total. The van der Waals surface area contributed by atoms with Gasteiger partial charge in [-0.15, -0.1) is 0 Å². The van der Waals surface area contributed by atoms with Crippen LogP contribution in [0.25, 0.3) is 0 Å². The largest absolute Gasteiger partial charge is 0.341 e. The first-order valence-corrected chi connectivity index (χ1v) is 7.51. The summed E-state index contributed by atoms with van der Waals surface area (Å²) in [7, 11) is 0. The Labute approximate surface area is 121 Å². The lowest BCUT2D eigenvalue weighted by Crippen LogP contribution is -2.26. The van der Waals surface area contributed by atoms with E-state index in [0.717, 1.165) is 13.0 Å². The highest BCUT2D eigenvalue weighted by atomic mass is 15.1. The minimum atomic E-state index is 0.111. The molecule has 2 aromatic rings.